The number of piperidine rings is 1. The van der Waals surface area contributed by atoms with E-state index in [9.17, 15) is 0 Å². The van der Waals surface area contributed by atoms with Crippen LogP contribution in [0.2, 0.25) is 0 Å². The second-order valence-corrected chi connectivity index (χ2v) is 5.45. The van der Waals surface area contributed by atoms with E-state index in [2.05, 4.69) is 40.9 Å². The fourth-order valence-electron chi connectivity index (χ4n) is 2.58. The lowest BCUT2D eigenvalue weighted by Crippen LogP contribution is -2.34. The van der Waals surface area contributed by atoms with Crippen LogP contribution in [0.15, 0.2) is 24.3 Å². The summed E-state index contributed by atoms with van der Waals surface area (Å²) in [5, 5.41) is 4.86. The van der Waals surface area contributed by atoms with Crippen molar-refractivity contribution in [2.75, 3.05) is 6.54 Å². The van der Waals surface area contributed by atoms with Gasteiger partial charge in [-0.1, -0.05) is 18.2 Å². The molecule has 0 amide bonds. The van der Waals surface area contributed by atoms with E-state index in [0.717, 1.165) is 6.54 Å². The van der Waals surface area contributed by atoms with Gasteiger partial charge in [0, 0.05) is 17.3 Å². The zero-order chi connectivity index (χ0) is 11.0. The molecule has 0 aliphatic carbocycles. The van der Waals surface area contributed by atoms with Crippen LogP contribution in [0.3, 0.4) is 0 Å². The van der Waals surface area contributed by atoms with Crippen molar-refractivity contribution in [3.63, 3.8) is 0 Å². The first-order chi connectivity index (χ1) is 7.84. The zero-order valence-electron chi connectivity index (χ0n) is 9.44. The summed E-state index contributed by atoms with van der Waals surface area (Å²) in [5.74, 6) is 0.646. The van der Waals surface area contributed by atoms with Crippen molar-refractivity contribution in [2.24, 2.45) is 0 Å². The smallest absolute Gasteiger partial charge is 0.0652 e. The quantitative estimate of drug-likeness (QED) is 0.817. The third-order valence-electron chi connectivity index (χ3n) is 3.42. The summed E-state index contributed by atoms with van der Waals surface area (Å²) < 4.78 is 5.99. The zero-order valence-corrected chi connectivity index (χ0v) is 10.3. The summed E-state index contributed by atoms with van der Waals surface area (Å²) in [6.07, 6.45) is 2.44. The Morgan fingerprint density at radius 1 is 1.38 bits per heavy atom. The van der Waals surface area contributed by atoms with Crippen LogP contribution in [0, 0.1) is 0 Å². The minimum atomic E-state index is 0.624. The molecule has 1 fully saturated rings. The highest BCUT2D eigenvalue weighted by molar-refractivity contribution is 7.13. The van der Waals surface area contributed by atoms with Gasteiger partial charge in [0.25, 0.3) is 0 Å². The molecule has 3 rings (SSSR count). The molecule has 2 aromatic rings. The number of aromatic nitrogens is 1. The number of rotatable bonds is 1. The molecular weight excluding hydrogens is 216 g/mol. The Hall–Kier alpha value is -0.930. The molecule has 0 bridgehead atoms. The second-order valence-electron chi connectivity index (χ2n) is 4.64. The molecule has 2 heterocycles. The number of fused-ring (bicyclic) bond motifs is 1. The van der Waals surface area contributed by atoms with Crippen molar-refractivity contribution < 1.29 is 0 Å². The molecule has 0 saturated carbocycles. The van der Waals surface area contributed by atoms with Crippen LogP contribution in [0.25, 0.3) is 10.1 Å². The summed E-state index contributed by atoms with van der Waals surface area (Å²) >= 11 is 1.64. The Bertz CT molecular complexity index is 491. The van der Waals surface area contributed by atoms with E-state index in [1.807, 2.05) is 0 Å². The van der Waals surface area contributed by atoms with Crippen LogP contribution >= 0.6 is 11.5 Å². The van der Waals surface area contributed by atoms with Crippen LogP contribution in [0.5, 0.6) is 0 Å². The van der Waals surface area contributed by atoms with E-state index < -0.39 is 0 Å². The maximum Gasteiger partial charge on any atom is 0.0652 e. The molecule has 1 aliphatic rings. The Morgan fingerprint density at radius 3 is 3.12 bits per heavy atom. The summed E-state index contributed by atoms with van der Waals surface area (Å²) in [5.41, 5.74) is 1.33. The van der Waals surface area contributed by atoms with Crippen molar-refractivity contribution >= 4 is 21.6 Å². The molecule has 16 heavy (non-hydrogen) atoms. The molecule has 1 N–H and O–H groups in total. The van der Waals surface area contributed by atoms with Gasteiger partial charge in [-0.15, -0.1) is 0 Å². The van der Waals surface area contributed by atoms with Crippen molar-refractivity contribution in [1.29, 1.82) is 0 Å². The highest BCUT2D eigenvalue weighted by Gasteiger charge is 2.23. The number of nitrogens with zero attached hydrogens (tertiary/aromatic N) is 1. The third kappa shape index (κ3) is 1.74. The lowest BCUT2D eigenvalue weighted by Gasteiger charge is -2.27. The van der Waals surface area contributed by atoms with Crippen LogP contribution < -0.4 is 5.32 Å². The highest BCUT2D eigenvalue weighted by Crippen LogP contribution is 2.33. The minimum Gasteiger partial charge on any atom is -0.314 e. The molecule has 1 aliphatic heterocycles. The van der Waals surface area contributed by atoms with Gasteiger partial charge < -0.3 is 5.32 Å². The molecular formula is C13H16N2S. The molecule has 0 unspecified atom stereocenters. The SMILES string of the molecule is C[C@@H]1C[C@@H](c2nsc3ccccc23)CCN1. The molecule has 84 valence electrons. The van der Waals surface area contributed by atoms with Gasteiger partial charge >= 0.3 is 0 Å². The van der Waals surface area contributed by atoms with Crippen molar-refractivity contribution in [1.82, 2.24) is 9.69 Å². The van der Waals surface area contributed by atoms with Gasteiger partial charge in [-0.3, -0.25) is 0 Å². The average molecular weight is 232 g/mol. The number of nitrogens with one attached hydrogen (secondary N) is 1. The fraction of sp³-hybridized carbons (Fsp3) is 0.462. The third-order valence-corrected chi connectivity index (χ3v) is 4.26. The summed E-state index contributed by atoms with van der Waals surface area (Å²) in [6.45, 7) is 3.39. The van der Waals surface area contributed by atoms with Gasteiger partial charge in [-0.2, -0.15) is 4.37 Å². The Balaban J connectivity index is 1.99. The Labute approximate surface area is 99.8 Å². The van der Waals surface area contributed by atoms with Crippen molar-refractivity contribution in [3.8, 4) is 0 Å². The highest BCUT2D eigenvalue weighted by atomic mass is 32.1. The lowest BCUT2D eigenvalue weighted by molar-refractivity contribution is 0.379. The van der Waals surface area contributed by atoms with Gasteiger partial charge in [-0.25, -0.2) is 0 Å². The average Bonchev–Trinajstić information content (AvgIpc) is 2.72. The monoisotopic (exact) mass is 232 g/mol. The first kappa shape index (κ1) is 10.2. The number of benzene rings is 1. The van der Waals surface area contributed by atoms with E-state index in [1.165, 1.54) is 28.6 Å². The van der Waals surface area contributed by atoms with E-state index in [0.29, 0.717) is 12.0 Å². The van der Waals surface area contributed by atoms with Gasteiger partial charge in [0.2, 0.25) is 0 Å². The molecule has 2 nitrogen and oxygen atoms in total. The van der Waals surface area contributed by atoms with Gasteiger partial charge in [0.1, 0.15) is 0 Å². The van der Waals surface area contributed by atoms with Gasteiger partial charge in [-0.05, 0) is 43.9 Å². The second kappa shape index (κ2) is 4.15. The summed E-state index contributed by atoms with van der Waals surface area (Å²) in [4.78, 5) is 0. The predicted molar refractivity (Wildman–Crippen MR) is 69.1 cm³/mol. The maximum atomic E-state index is 4.67. The van der Waals surface area contributed by atoms with Gasteiger partial charge in [0.15, 0.2) is 0 Å². The minimum absolute atomic E-state index is 0.624. The summed E-state index contributed by atoms with van der Waals surface area (Å²) in [7, 11) is 0. The Kier molecular flexibility index (Phi) is 2.65. The molecule has 3 heteroatoms. The number of hydrogen-bond acceptors (Lipinski definition) is 3. The van der Waals surface area contributed by atoms with Crippen LogP contribution in [0.4, 0.5) is 0 Å². The predicted octanol–water partition coefficient (Wildman–Crippen LogP) is 3.15. The molecule has 1 aromatic carbocycles. The van der Waals surface area contributed by atoms with Crippen molar-refractivity contribution in [3.05, 3.63) is 30.0 Å². The molecule has 1 aromatic heterocycles. The first-order valence-electron chi connectivity index (χ1n) is 5.92. The topological polar surface area (TPSA) is 24.9 Å². The first-order valence-corrected chi connectivity index (χ1v) is 6.69. The summed E-state index contributed by atoms with van der Waals surface area (Å²) in [6, 6.07) is 9.21. The normalized spacial score (nSPS) is 26.1. The molecule has 0 spiro atoms. The van der Waals surface area contributed by atoms with Gasteiger partial charge in [0.05, 0.1) is 10.4 Å². The lowest BCUT2D eigenvalue weighted by atomic mass is 9.89. The van der Waals surface area contributed by atoms with E-state index in [1.54, 1.807) is 11.5 Å². The molecule has 2 atom stereocenters. The number of hydrogen-bond donors (Lipinski definition) is 1. The van der Waals surface area contributed by atoms with E-state index in [4.69, 9.17) is 0 Å². The standard InChI is InChI=1S/C13H16N2S/c1-9-8-10(6-7-14-9)13-11-4-2-3-5-12(11)16-15-13/h2-5,9-10,14H,6-8H2,1H3/t9-,10+/m1/s1. The van der Waals surface area contributed by atoms with Crippen molar-refractivity contribution in [2.45, 2.75) is 31.7 Å². The Morgan fingerprint density at radius 2 is 2.25 bits per heavy atom. The van der Waals surface area contributed by atoms with Crippen LogP contribution in [-0.4, -0.2) is 17.0 Å². The van der Waals surface area contributed by atoms with Crippen LogP contribution in [0.1, 0.15) is 31.4 Å². The fourth-order valence-corrected chi connectivity index (χ4v) is 3.43. The van der Waals surface area contributed by atoms with E-state index in [-0.39, 0.29) is 0 Å². The van der Waals surface area contributed by atoms with E-state index >= 15 is 0 Å². The molecule has 1 saturated heterocycles. The molecule has 0 radical (unpaired) electrons. The maximum absolute atomic E-state index is 4.67. The van der Waals surface area contributed by atoms with Crippen LogP contribution in [-0.2, 0) is 0 Å². The largest absolute Gasteiger partial charge is 0.314 e.